The average molecular weight is 346 g/mol. The molecule has 0 unspecified atom stereocenters. The van der Waals surface area contributed by atoms with Crippen LogP contribution in [0.1, 0.15) is 5.56 Å². The first-order chi connectivity index (χ1) is 12.6. The summed E-state index contributed by atoms with van der Waals surface area (Å²) in [6.45, 7) is 1.95. The minimum Gasteiger partial charge on any atom is -0.425 e. The normalized spacial score (nSPS) is 10.8. The number of pyridine rings is 2. The van der Waals surface area contributed by atoms with Crippen LogP contribution in [0.4, 0.5) is 17.2 Å². The molecule has 0 aliphatic rings. The van der Waals surface area contributed by atoms with Crippen molar-refractivity contribution in [1.82, 2.24) is 19.5 Å². The lowest BCUT2D eigenvalue weighted by Crippen LogP contribution is -1.99. The van der Waals surface area contributed by atoms with Gasteiger partial charge in [0.2, 0.25) is 0 Å². The van der Waals surface area contributed by atoms with E-state index in [1.54, 1.807) is 12.4 Å². The number of nitrogens with zero attached hydrogens (tertiary/aromatic N) is 4. The lowest BCUT2D eigenvalue weighted by Gasteiger charge is -2.10. The van der Waals surface area contributed by atoms with Gasteiger partial charge in [-0.1, -0.05) is 0 Å². The third-order valence-electron chi connectivity index (χ3n) is 3.97. The molecule has 4 aromatic rings. The average Bonchev–Trinajstić information content (AvgIpc) is 2.95. The number of anilines is 3. The van der Waals surface area contributed by atoms with Crippen LogP contribution in [0, 0.1) is 6.92 Å². The van der Waals surface area contributed by atoms with Crippen LogP contribution in [-0.4, -0.2) is 19.5 Å². The lowest BCUT2D eigenvalue weighted by molar-refractivity contribution is 0.427. The fourth-order valence-corrected chi connectivity index (χ4v) is 2.64. The van der Waals surface area contributed by atoms with Gasteiger partial charge in [-0.15, -0.1) is 0 Å². The Bertz CT molecular complexity index is 1070. The zero-order valence-corrected chi connectivity index (χ0v) is 14.5. The van der Waals surface area contributed by atoms with E-state index in [0.717, 1.165) is 22.4 Å². The molecule has 0 aliphatic heterocycles. The Morgan fingerprint density at radius 3 is 2.65 bits per heavy atom. The van der Waals surface area contributed by atoms with Crippen LogP contribution < -0.4 is 15.8 Å². The molecule has 0 spiro atoms. The largest absolute Gasteiger partial charge is 0.425 e. The van der Waals surface area contributed by atoms with Gasteiger partial charge >= 0.3 is 6.01 Å². The number of aryl methyl sites for hydroxylation is 2. The molecular formula is C19H18N6O. The molecule has 7 nitrogen and oxygen atoms in total. The van der Waals surface area contributed by atoms with E-state index >= 15 is 0 Å². The van der Waals surface area contributed by atoms with E-state index < -0.39 is 0 Å². The maximum absolute atomic E-state index is 5.99. The highest BCUT2D eigenvalue weighted by molar-refractivity contribution is 5.72. The van der Waals surface area contributed by atoms with Gasteiger partial charge in [-0.05, 0) is 55.0 Å². The number of ether oxygens (including phenoxy) is 1. The highest BCUT2D eigenvalue weighted by Gasteiger charge is 2.10. The number of fused-ring (bicyclic) bond motifs is 1. The second-order valence-electron chi connectivity index (χ2n) is 6.00. The predicted molar refractivity (Wildman–Crippen MR) is 102 cm³/mol. The second kappa shape index (κ2) is 6.36. The predicted octanol–water partition coefficient (Wildman–Crippen LogP) is 3.79. The van der Waals surface area contributed by atoms with Gasteiger partial charge in [-0.3, -0.25) is 4.57 Å². The molecule has 0 amide bonds. The van der Waals surface area contributed by atoms with Gasteiger partial charge in [0.25, 0.3) is 0 Å². The quantitative estimate of drug-likeness (QED) is 0.584. The van der Waals surface area contributed by atoms with Crippen LogP contribution in [0.5, 0.6) is 11.8 Å². The molecule has 26 heavy (non-hydrogen) atoms. The Balaban J connectivity index is 1.53. The molecule has 7 heteroatoms. The molecule has 130 valence electrons. The van der Waals surface area contributed by atoms with Crippen molar-refractivity contribution in [3.63, 3.8) is 0 Å². The molecule has 0 radical (unpaired) electrons. The van der Waals surface area contributed by atoms with E-state index in [9.17, 15) is 0 Å². The molecule has 4 rings (SSSR count). The summed E-state index contributed by atoms with van der Waals surface area (Å²) in [4.78, 5) is 13.1. The zero-order valence-electron chi connectivity index (χ0n) is 14.5. The van der Waals surface area contributed by atoms with Crippen LogP contribution in [-0.2, 0) is 7.05 Å². The molecule has 0 aliphatic carbocycles. The first kappa shape index (κ1) is 15.9. The molecule has 0 saturated heterocycles. The van der Waals surface area contributed by atoms with Crippen molar-refractivity contribution in [1.29, 1.82) is 0 Å². The first-order valence-corrected chi connectivity index (χ1v) is 8.14. The molecule has 0 fully saturated rings. The van der Waals surface area contributed by atoms with E-state index in [1.807, 2.05) is 61.0 Å². The van der Waals surface area contributed by atoms with Crippen molar-refractivity contribution in [3.8, 4) is 11.8 Å². The van der Waals surface area contributed by atoms with Crippen LogP contribution in [0.25, 0.3) is 11.2 Å². The van der Waals surface area contributed by atoms with Gasteiger partial charge in [-0.2, -0.15) is 4.98 Å². The summed E-state index contributed by atoms with van der Waals surface area (Å²) in [5.74, 6) is 1.31. The molecule has 3 heterocycles. The fraction of sp³-hybridized carbons (Fsp3) is 0.105. The zero-order chi connectivity index (χ0) is 18.1. The van der Waals surface area contributed by atoms with Crippen LogP contribution in [0.15, 0.2) is 54.9 Å². The highest BCUT2D eigenvalue weighted by atomic mass is 16.5. The lowest BCUT2D eigenvalue weighted by atomic mass is 10.2. The third kappa shape index (κ3) is 3.02. The number of nitrogens with one attached hydrogen (secondary N) is 1. The van der Waals surface area contributed by atoms with Crippen molar-refractivity contribution in [2.75, 3.05) is 11.1 Å². The Morgan fingerprint density at radius 1 is 1.12 bits per heavy atom. The van der Waals surface area contributed by atoms with Crippen molar-refractivity contribution >= 4 is 28.4 Å². The number of benzene rings is 1. The molecule has 0 bridgehead atoms. The summed E-state index contributed by atoms with van der Waals surface area (Å²) in [7, 11) is 1.87. The minimum atomic E-state index is 0.490. The van der Waals surface area contributed by atoms with E-state index in [4.69, 9.17) is 10.5 Å². The van der Waals surface area contributed by atoms with Gasteiger partial charge in [-0.25, -0.2) is 9.97 Å². The standard InChI is InChI=1S/C19H18N6O/c1-12-10-15(20)17(22-11-12)23-13-5-7-14(8-6-13)26-19-24-16-4-3-9-21-18(16)25(19)2/h3-11H,20H2,1-2H3,(H,22,23). The summed E-state index contributed by atoms with van der Waals surface area (Å²) in [6.07, 6.45) is 3.51. The van der Waals surface area contributed by atoms with E-state index in [1.165, 1.54) is 0 Å². The number of hydrogen-bond acceptors (Lipinski definition) is 6. The smallest absolute Gasteiger partial charge is 0.303 e. The summed E-state index contributed by atoms with van der Waals surface area (Å²) in [5, 5.41) is 3.20. The highest BCUT2D eigenvalue weighted by Crippen LogP contribution is 2.26. The van der Waals surface area contributed by atoms with Gasteiger partial charge in [0.05, 0.1) is 5.69 Å². The molecule has 0 atom stereocenters. The Morgan fingerprint density at radius 2 is 1.92 bits per heavy atom. The Labute approximate surface area is 150 Å². The number of aromatic nitrogens is 4. The SMILES string of the molecule is Cc1cnc(Nc2ccc(Oc3nc4cccnc4n3C)cc2)c(N)c1. The summed E-state index contributed by atoms with van der Waals surface area (Å²) >= 11 is 0. The summed E-state index contributed by atoms with van der Waals surface area (Å²) < 4.78 is 7.70. The van der Waals surface area contributed by atoms with Gasteiger partial charge in [0, 0.05) is 25.1 Å². The number of imidazole rings is 1. The number of rotatable bonds is 4. The van der Waals surface area contributed by atoms with E-state index in [0.29, 0.717) is 23.3 Å². The van der Waals surface area contributed by atoms with Gasteiger partial charge in [0.15, 0.2) is 11.5 Å². The van der Waals surface area contributed by atoms with Crippen LogP contribution in [0.3, 0.4) is 0 Å². The van der Waals surface area contributed by atoms with Gasteiger partial charge in [0.1, 0.15) is 11.3 Å². The first-order valence-electron chi connectivity index (χ1n) is 8.14. The van der Waals surface area contributed by atoms with Crippen molar-refractivity contribution < 1.29 is 4.74 Å². The molecular weight excluding hydrogens is 328 g/mol. The maximum Gasteiger partial charge on any atom is 0.303 e. The van der Waals surface area contributed by atoms with Crippen LogP contribution >= 0.6 is 0 Å². The fourth-order valence-electron chi connectivity index (χ4n) is 2.64. The van der Waals surface area contributed by atoms with E-state index in [2.05, 4.69) is 20.3 Å². The Hall–Kier alpha value is -3.61. The van der Waals surface area contributed by atoms with Crippen molar-refractivity contribution in [2.24, 2.45) is 7.05 Å². The molecule has 3 aromatic heterocycles. The number of hydrogen-bond donors (Lipinski definition) is 2. The molecule has 1 aromatic carbocycles. The number of nitrogens with two attached hydrogens (primary N) is 1. The van der Waals surface area contributed by atoms with Crippen LogP contribution in [0.2, 0.25) is 0 Å². The monoisotopic (exact) mass is 346 g/mol. The molecule has 3 N–H and O–H groups in total. The van der Waals surface area contributed by atoms with Gasteiger partial charge < -0.3 is 15.8 Å². The van der Waals surface area contributed by atoms with E-state index in [-0.39, 0.29) is 0 Å². The second-order valence-corrected chi connectivity index (χ2v) is 6.00. The Kier molecular flexibility index (Phi) is 3.89. The minimum absolute atomic E-state index is 0.490. The summed E-state index contributed by atoms with van der Waals surface area (Å²) in [6, 6.07) is 13.6. The summed E-state index contributed by atoms with van der Waals surface area (Å²) in [5.41, 5.74) is 10.1. The maximum atomic E-state index is 5.99. The molecule has 0 saturated carbocycles. The third-order valence-corrected chi connectivity index (χ3v) is 3.97. The van der Waals surface area contributed by atoms with Crippen molar-refractivity contribution in [3.05, 3.63) is 60.4 Å². The number of nitrogen functional groups attached to an aromatic ring is 1. The van der Waals surface area contributed by atoms with Crippen molar-refractivity contribution in [2.45, 2.75) is 6.92 Å². The topological polar surface area (TPSA) is 90.9 Å².